The highest BCUT2D eigenvalue weighted by atomic mass is 79.9. The number of nitrogens with zero attached hydrogens (tertiary/aromatic N) is 1. The van der Waals surface area contributed by atoms with Gasteiger partial charge < -0.3 is 14.2 Å². The zero-order valence-electron chi connectivity index (χ0n) is 17.5. The van der Waals surface area contributed by atoms with Gasteiger partial charge in [-0.1, -0.05) is 41.9 Å². The van der Waals surface area contributed by atoms with Gasteiger partial charge in [0, 0.05) is 17.0 Å². The van der Waals surface area contributed by atoms with E-state index in [4.69, 9.17) is 14.2 Å². The minimum Gasteiger partial charge on any atom is -0.497 e. The molecule has 0 bridgehead atoms. The number of rotatable bonds is 6. The van der Waals surface area contributed by atoms with Gasteiger partial charge in [-0.3, -0.25) is 0 Å². The lowest BCUT2D eigenvalue weighted by atomic mass is 10.0. The molecule has 0 aliphatic rings. The Morgan fingerprint density at radius 1 is 1.04 bits per heavy atom. The predicted molar refractivity (Wildman–Crippen MR) is 125 cm³/mol. The SMILES string of the molecule is C#C.CC.COc1cc(OC)c(OC)c(-c2nscc2/C(C)=C/C=C(\C)Br)c1. The normalized spacial score (nSPS) is 10.8. The topological polar surface area (TPSA) is 40.6 Å². The summed E-state index contributed by atoms with van der Waals surface area (Å²) in [5, 5.41) is 2.03. The number of terminal acetylenes is 1. The average Bonchev–Trinajstić information content (AvgIpc) is 3.23. The first-order valence-electron chi connectivity index (χ1n) is 8.61. The fourth-order valence-corrected chi connectivity index (χ4v) is 3.16. The second kappa shape index (κ2) is 13.9. The Kier molecular flexibility index (Phi) is 12.8. The summed E-state index contributed by atoms with van der Waals surface area (Å²) in [6, 6.07) is 3.72. The Morgan fingerprint density at radius 2 is 1.68 bits per heavy atom. The molecule has 0 spiro atoms. The van der Waals surface area contributed by atoms with Crippen molar-refractivity contribution in [2.24, 2.45) is 0 Å². The van der Waals surface area contributed by atoms with Crippen LogP contribution in [0, 0.1) is 12.8 Å². The Labute approximate surface area is 181 Å². The van der Waals surface area contributed by atoms with Crippen LogP contribution in [0.1, 0.15) is 33.3 Å². The largest absolute Gasteiger partial charge is 0.497 e. The summed E-state index contributed by atoms with van der Waals surface area (Å²) in [5.41, 5.74) is 3.86. The number of hydrogen-bond acceptors (Lipinski definition) is 5. The van der Waals surface area contributed by atoms with E-state index in [1.54, 1.807) is 27.4 Å². The van der Waals surface area contributed by atoms with E-state index in [9.17, 15) is 0 Å². The van der Waals surface area contributed by atoms with Crippen LogP contribution >= 0.6 is 27.5 Å². The van der Waals surface area contributed by atoms with Gasteiger partial charge in [0.1, 0.15) is 5.75 Å². The fourth-order valence-electron chi connectivity index (χ4n) is 2.27. The molecule has 0 amide bonds. The molecule has 0 atom stereocenters. The number of benzene rings is 1. The van der Waals surface area contributed by atoms with Gasteiger partial charge in [0.25, 0.3) is 0 Å². The van der Waals surface area contributed by atoms with Gasteiger partial charge in [-0.2, -0.15) is 4.37 Å². The van der Waals surface area contributed by atoms with E-state index in [0.717, 1.165) is 26.9 Å². The molecule has 0 saturated carbocycles. The lowest BCUT2D eigenvalue weighted by Gasteiger charge is -2.14. The van der Waals surface area contributed by atoms with E-state index in [1.807, 2.05) is 38.3 Å². The van der Waals surface area contributed by atoms with Crippen molar-refractivity contribution >= 4 is 33.0 Å². The van der Waals surface area contributed by atoms with E-state index in [0.29, 0.717) is 17.2 Å². The van der Waals surface area contributed by atoms with Gasteiger partial charge in [-0.25, -0.2) is 0 Å². The van der Waals surface area contributed by atoms with Gasteiger partial charge in [-0.15, -0.1) is 12.8 Å². The highest BCUT2D eigenvalue weighted by Gasteiger charge is 2.19. The van der Waals surface area contributed by atoms with Gasteiger partial charge in [0.2, 0.25) is 0 Å². The van der Waals surface area contributed by atoms with Crippen molar-refractivity contribution in [1.29, 1.82) is 0 Å². The second-order valence-electron chi connectivity index (χ2n) is 5.09. The Balaban J connectivity index is 0.00000171. The van der Waals surface area contributed by atoms with Gasteiger partial charge in [-0.05, 0) is 41.5 Å². The molecule has 0 N–H and O–H groups in total. The molecular formula is C22H28BrNO3S. The molecule has 1 aromatic heterocycles. The number of hydrogen-bond donors (Lipinski definition) is 0. The van der Waals surface area contributed by atoms with Crippen LogP contribution < -0.4 is 14.2 Å². The third kappa shape index (κ3) is 6.74. The van der Waals surface area contributed by atoms with Crippen LogP contribution in [0.15, 0.2) is 34.1 Å². The lowest BCUT2D eigenvalue weighted by Crippen LogP contribution is -1.96. The van der Waals surface area contributed by atoms with Crippen molar-refractivity contribution in [1.82, 2.24) is 4.37 Å². The van der Waals surface area contributed by atoms with E-state index in [2.05, 4.69) is 46.1 Å². The molecule has 0 fully saturated rings. The first kappa shape index (κ1) is 25.8. The lowest BCUT2D eigenvalue weighted by molar-refractivity contribution is 0.350. The maximum Gasteiger partial charge on any atom is 0.170 e. The van der Waals surface area contributed by atoms with E-state index >= 15 is 0 Å². The zero-order valence-corrected chi connectivity index (χ0v) is 19.9. The van der Waals surface area contributed by atoms with Crippen molar-refractivity contribution in [3.05, 3.63) is 39.7 Å². The molecule has 28 heavy (non-hydrogen) atoms. The third-order valence-corrected chi connectivity index (χ3v) is 4.39. The monoisotopic (exact) mass is 465 g/mol. The summed E-state index contributed by atoms with van der Waals surface area (Å²) >= 11 is 4.85. The van der Waals surface area contributed by atoms with Crippen LogP contribution in [0.5, 0.6) is 17.2 Å². The van der Waals surface area contributed by atoms with Crippen molar-refractivity contribution in [3.8, 4) is 41.4 Å². The van der Waals surface area contributed by atoms with E-state index in [-0.39, 0.29) is 0 Å². The molecule has 0 unspecified atom stereocenters. The second-order valence-corrected chi connectivity index (χ2v) is 6.97. The van der Waals surface area contributed by atoms with Gasteiger partial charge in [0.15, 0.2) is 11.5 Å². The highest BCUT2D eigenvalue weighted by Crippen LogP contribution is 2.43. The zero-order chi connectivity index (χ0) is 21.7. The van der Waals surface area contributed by atoms with Crippen LogP contribution in [0.3, 0.4) is 0 Å². The molecule has 1 heterocycles. The molecule has 0 aliphatic heterocycles. The average molecular weight is 466 g/mol. The van der Waals surface area contributed by atoms with Gasteiger partial charge >= 0.3 is 0 Å². The summed E-state index contributed by atoms with van der Waals surface area (Å²) in [7, 11) is 4.86. The van der Waals surface area contributed by atoms with Crippen LogP contribution in [0.25, 0.3) is 16.8 Å². The summed E-state index contributed by atoms with van der Waals surface area (Å²) in [6.45, 7) is 8.05. The van der Waals surface area contributed by atoms with Crippen LogP contribution in [-0.4, -0.2) is 25.7 Å². The van der Waals surface area contributed by atoms with Crippen molar-refractivity contribution in [2.75, 3.05) is 21.3 Å². The van der Waals surface area contributed by atoms with Gasteiger partial charge in [0.05, 0.1) is 32.6 Å². The Bertz CT molecular complexity index is 818. The quantitative estimate of drug-likeness (QED) is 0.346. The first-order chi connectivity index (χ1) is 13.5. The molecule has 2 rings (SSSR count). The molecule has 4 nitrogen and oxygen atoms in total. The standard InChI is InChI=1S/C18H20BrNO3S.C2H6.C2H2/c1-11(6-7-12(2)19)15-10-24-20-17(15)14-8-13(21-3)9-16(22-4)18(14)23-5;2*1-2/h6-10H,1-5H3;1-2H3;1-2H/b11-6+,12-7+;;. The Morgan fingerprint density at radius 3 is 2.18 bits per heavy atom. The summed E-state index contributed by atoms with van der Waals surface area (Å²) in [4.78, 5) is 0. The summed E-state index contributed by atoms with van der Waals surface area (Å²) in [6.07, 6.45) is 12.1. The molecule has 0 aliphatic carbocycles. The maximum atomic E-state index is 5.57. The summed E-state index contributed by atoms with van der Waals surface area (Å²) in [5.74, 6) is 1.95. The molecular weight excluding hydrogens is 438 g/mol. The number of halogens is 1. The minimum absolute atomic E-state index is 0.614. The number of methoxy groups -OCH3 is 3. The highest BCUT2D eigenvalue weighted by molar-refractivity contribution is 9.11. The molecule has 152 valence electrons. The smallest absolute Gasteiger partial charge is 0.170 e. The van der Waals surface area contributed by atoms with Crippen LogP contribution in [0.2, 0.25) is 0 Å². The van der Waals surface area contributed by atoms with Crippen molar-refractivity contribution in [3.63, 3.8) is 0 Å². The Hall–Kier alpha value is -2.23. The molecule has 0 radical (unpaired) electrons. The first-order valence-corrected chi connectivity index (χ1v) is 10.2. The molecule has 6 heteroatoms. The molecule has 1 aromatic carbocycles. The van der Waals surface area contributed by atoms with Crippen molar-refractivity contribution in [2.45, 2.75) is 27.7 Å². The van der Waals surface area contributed by atoms with Crippen LogP contribution in [0.4, 0.5) is 0 Å². The number of allylic oxidation sites excluding steroid dienone is 4. The minimum atomic E-state index is 0.614. The maximum absolute atomic E-state index is 5.57. The number of aromatic nitrogens is 1. The molecule has 2 aromatic rings. The predicted octanol–water partition coefficient (Wildman–Crippen LogP) is 6.81. The fraction of sp³-hybridized carbons (Fsp3) is 0.318. The number of ether oxygens (including phenoxy) is 3. The molecule has 0 saturated heterocycles. The summed E-state index contributed by atoms with van der Waals surface area (Å²) < 4.78 is 22.0. The van der Waals surface area contributed by atoms with E-state index < -0.39 is 0 Å². The van der Waals surface area contributed by atoms with Crippen LogP contribution in [-0.2, 0) is 0 Å². The van der Waals surface area contributed by atoms with Crippen molar-refractivity contribution < 1.29 is 14.2 Å². The van der Waals surface area contributed by atoms with E-state index in [1.165, 1.54) is 11.5 Å². The third-order valence-electron chi connectivity index (χ3n) is 3.50.